The smallest absolute Gasteiger partial charge is 0.134 e. The number of anilines is 1. The molecule has 1 atom stereocenters. The molecule has 1 aromatic heterocycles. The molecule has 0 fully saturated rings. The Hall–Kier alpha value is -1.94. The molecule has 0 saturated heterocycles. The number of nitrogens with one attached hydrogen (secondary N) is 1. The highest BCUT2D eigenvalue weighted by molar-refractivity contribution is 5.68. The summed E-state index contributed by atoms with van der Waals surface area (Å²) in [7, 11) is 1.71. The van der Waals surface area contributed by atoms with Crippen molar-refractivity contribution in [1.82, 2.24) is 9.97 Å². The van der Waals surface area contributed by atoms with Crippen LogP contribution in [-0.2, 0) is 11.2 Å². The molecule has 0 aliphatic rings. The third-order valence-electron chi connectivity index (χ3n) is 3.46. The van der Waals surface area contributed by atoms with E-state index in [1.54, 1.807) is 7.11 Å². The topological polar surface area (TPSA) is 47.0 Å². The highest BCUT2D eigenvalue weighted by Gasteiger charge is 2.13. The van der Waals surface area contributed by atoms with Crippen molar-refractivity contribution < 1.29 is 4.74 Å². The SMILES string of the molecule is CCNc1nc(CC(C)OC)nc(-c2ccccc2)c1C. The van der Waals surface area contributed by atoms with Crippen LogP contribution in [-0.4, -0.2) is 29.7 Å². The number of aromatic nitrogens is 2. The summed E-state index contributed by atoms with van der Waals surface area (Å²) in [5, 5.41) is 3.33. The van der Waals surface area contributed by atoms with Crippen LogP contribution < -0.4 is 5.32 Å². The Balaban J connectivity index is 2.47. The molecule has 0 radical (unpaired) electrons. The number of nitrogens with zero attached hydrogens (tertiary/aromatic N) is 2. The molecule has 4 heteroatoms. The molecule has 4 nitrogen and oxygen atoms in total. The van der Waals surface area contributed by atoms with Crippen molar-refractivity contribution in [3.05, 3.63) is 41.7 Å². The highest BCUT2D eigenvalue weighted by atomic mass is 16.5. The molecule has 0 spiro atoms. The fourth-order valence-corrected chi connectivity index (χ4v) is 2.21. The van der Waals surface area contributed by atoms with Gasteiger partial charge in [0.2, 0.25) is 0 Å². The summed E-state index contributed by atoms with van der Waals surface area (Å²) in [4.78, 5) is 9.38. The van der Waals surface area contributed by atoms with E-state index in [-0.39, 0.29) is 6.10 Å². The van der Waals surface area contributed by atoms with Crippen LogP contribution in [0.3, 0.4) is 0 Å². The van der Waals surface area contributed by atoms with Gasteiger partial charge in [-0.05, 0) is 20.8 Å². The second-order valence-electron chi connectivity index (χ2n) is 5.11. The number of rotatable bonds is 6. The maximum absolute atomic E-state index is 5.33. The van der Waals surface area contributed by atoms with E-state index in [1.165, 1.54) is 0 Å². The predicted octanol–water partition coefficient (Wildman–Crippen LogP) is 3.46. The first-order valence-electron chi connectivity index (χ1n) is 7.35. The Morgan fingerprint density at radius 2 is 1.90 bits per heavy atom. The molecule has 0 aliphatic heterocycles. The summed E-state index contributed by atoms with van der Waals surface area (Å²) in [6.45, 7) is 6.99. The Kier molecular flexibility index (Phi) is 5.28. The fraction of sp³-hybridized carbons (Fsp3) is 0.412. The van der Waals surface area contributed by atoms with Crippen LogP contribution in [0.1, 0.15) is 25.2 Å². The van der Waals surface area contributed by atoms with E-state index in [0.29, 0.717) is 6.42 Å². The molecule has 0 saturated carbocycles. The maximum Gasteiger partial charge on any atom is 0.134 e. The zero-order chi connectivity index (χ0) is 15.2. The molecule has 0 amide bonds. The summed E-state index contributed by atoms with van der Waals surface area (Å²) in [6.07, 6.45) is 0.806. The van der Waals surface area contributed by atoms with E-state index >= 15 is 0 Å². The van der Waals surface area contributed by atoms with Gasteiger partial charge in [0.05, 0.1) is 11.8 Å². The van der Waals surface area contributed by atoms with Crippen molar-refractivity contribution in [2.45, 2.75) is 33.3 Å². The van der Waals surface area contributed by atoms with Gasteiger partial charge in [-0.2, -0.15) is 0 Å². The van der Waals surface area contributed by atoms with E-state index in [9.17, 15) is 0 Å². The Morgan fingerprint density at radius 1 is 1.19 bits per heavy atom. The lowest BCUT2D eigenvalue weighted by atomic mass is 10.1. The number of ether oxygens (including phenoxy) is 1. The molecule has 1 unspecified atom stereocenters. The third-order valence-corrected chi connectivity index (χ3v) is 3.46. The van der Waals surface area contributed by atoms with Gasteiger partial charge < -0.3 is 10.1 Å². The molecular formula is C17H23N3O. The van der Waals surface area contributed by atoms with Gasteiger partial charge in [-0.1, -0.05) is 30.3 Å². The first-order valence-corrected chi connectivity index (χ1v) is 7.35. The number of hydrogen-bond donors (Lipinski definition) is 1. The van der Waals surface area contributed by atoms with E-state index in [2.05, 4.69) is 36.3 Å². The minimum atomic E-state index is 0.103. The molecule has 1 heterocycles. The normalized spacial score (nSPS) is 12.2. The second kappa shape index (κ2) is 7.18. The maximum atomic E-state index is 5.33. The Labute approximate surface area is 126 Å². The number of methoxy groups -OCH3 is 1. The summed E-state index contributed by atoms with van der Waals surface area (Å²) in [5.41, 5.74) is 3.18. The lowest BCUT2D eigenvalue weighted by Crippen LogP contribution is -2.14. The van der Waals surface area contributed by atoms with Gasteiger partial charge in [-0.3, -0.25) is 0 Å². The van der Waals surface area contributed by atoms with Crippen LogP contribution in [0.25, 0.3) is 11.3 Å². The van der Waals surface area contributed by atoms with E-state index < -0.39 is 0 Å². The molecule has 112 valence electrons. The van der Waals surface area contributed by atoms with Crippen LogP contribution in [0.2, 0.25) is 0 Å². The van der Waals surface area contributed by atoms with Crippen molar-refractivity contribution in [3.63, 3.8) is 0 Å². The quantitative estimate of drug-likeness (QED) is 0.883. The van der Waals surface area contributed by atoms with Gasteiger partial charge in [-0.25, -0.2) is 9.97 Å². The van der Waals surface area contributed by atoms with Gasteiger partial charge in [0.1, 0.15) is 11.6 Å². The van der Waals surface area contributed by atoms with Crippen molar-refractivity contribution in [2.24, 2.45) is 0 Å². The molecule has 21 heavy (non-hydrogen) atoms. The zero-order valence-electron chi connectivity index (χ0n) is 13.2. The van der Waals surface area contributed by atoms with Gasteiger partial charge in [0, 0.05) is 31.2 Å². The molecule has 0 bridgehead atoms. The Bertz CT molecular complexity index is 584. The molecule has 2 rings (SSSR count). The number of benzene rings is 1. The molecule has 2 aromatic rings. The van der Waals surface area contributed by atoms with Crippen LogP contribution in [0.4, 0.5) is 5.82 Å². The lowest BCUT2D eigenvalue weighted by molar-refractivity contribution is 0.117. The van der Waals surface area contributed by atoms with Gasteiger partial charge in [-0.15, -0.1) is 0 Å². The largest absolute Gasteiger partial charge is 0.381 e. The first-order chi connectivity index (χ1) is 10.2. The summed E-state index contributed by atoms with van der Waals surface area (Å²) in [6, 6.07) is 10.2. The van der Waals surface area contributed by atoms with Gasteiger partial charge >= 0.3 is 0 Å². The Morgan fingerprint density at radius 3 is 2.52 bits per heavy atom. The van der Waals surface area contributed by atoms with Crippen molar-refractivity contribution in [2.75, 3.05) is 19.0 Å². The summed E-state index contributed by atoms with van der Waals surface area (Å²) < 4.78 is 5.33. The average molecular weight is 285 g/mol. The first kappa shape index (κ1) is 15.4. The van der Waals surface area contributed by atoms with E-state index in [0.717, 1.165) is 35.0 Å². The van der Waals surface area contributed by atoms with Crippen LogP contribution in [0.5, 0.6) is 0 Å². The zero-order valence-corrected chi connectivity index (χ0v) is 13.2. The number of hydrogen-bond acceptors (Lipinski definition) is 4. The second-order valence-corrected chi connectivity index (χ2v) is 5.11. The van der Waals surface area contributed by atoms with Gasteiger partial charge in [0.25, 0.3) is 0 Å². The van der Waals surface area contributed by atoms with Crippen molar-refractivity contribution in [3.8, 4) is 11.3 Å². The van der Waals surface area contributed by atoms with Crippen LogP contribution >= 0.6 is 0 Å². The minimum absolute atomic E-state index is 0.103. The molecule has 0 aliphatic carbocycles. The van der Waals surface area contributed by atoms with Crippen LogP contribution in [0, 0.1) is 6.92 Å². The van der Waals surface area contributed by atoms with Crippen molar-refractivity contribution in [1.29, 1.82) is 0 Å². The van der Waals surface area contributed by atoms with E-state index in [1.807, 2.05) is 25.1 Å². The van der Waals surface area contributed by atoms with Crippen LogP contribution in [0.15, 0.2) is 30.3 Å². The molecule has 1 aromatic carbocycles. The predicted molar refractivity (Wildman–Crippen MR) is 86.5 cm³/mol. The van der Waals surface area contributed by atoms with Crippen molar-refractivity contribution >= 4 is 5.82 Å². The monoisotopic (exact) mass is 285 g/mol. The minimum Gasteiger partial charge on any atom is -0.381 e. The third kappa shape index (κ3) is 3.79. The molecule has 1 N–H and O–H groups in total. The molecular weight excluding hydrogens is 262 g/mol. The van der Waals surface area contributed by atoms with E-state index in [4.69, 9.17) is 9.72 Å². The summed E-state index contributed by atoms with van der Waals surface area (Å²) >= 11 is 0. The highest BCUT2D eigenvalue weighted by Crippen LogP contribution is 2.26. The summed E-state index contributed by atoms with van der Waals surface area (Å²) in [5.74, 6) is 1.72. The lowest BCUT2D eigenvalue weighted by Gasteiger charge is -2.15. The van der Waals surface area contributed by atoms with Gasteiger partial charge in [0.15, 0.2) is 0 Å². The standard InChI is InChI=1S/C17H23N3O/c1-5-18-17-13(3)16(14-9-7-6-8-10-14)19-15(20-17)11-12(2)21-4/h6-10,12H,5,11H2,1-4H3,(H,18,19,20). The average Bonchev–Trinajstić information content (AvgIpc) is 2.51. The fourth-order valence-electron chi connectivity index (χ4n) is 2.21.